The number of halogens is 2. The minimum atomic E-state index is 0.584. The fraction of sp³-hybridized carbons (Fsp3) is 0.0769. The van der Waals surface area contributed by atoms with Crippen LogP contribution < -0.4 is 0 Å². The van der Waals surface area contributed by atoms with Crippen LogP contribution in [0.15, 0.2) is 53.4 Å². The van der Waals surface area contributed by atoms with Gasteiger partial charge in [0.2, 0.25) is 0 Å². The van der Waals surface area contributed by atoms with Crippen molar-refractivity contribution in [1.82, 2.24) is 0 Å². The van der Waals surface area contributed by atoms with E-state index >= 15 is 0 Å². The number of thioether (sulfide) groups is 1. The average Bonchev–Trinajstić information content (AvgIpc) is 2.31. The van der Waals surface area contributed by atoms with Crippen LogP contribution in [0.2, 0.25) is 0 Å². The van der Waals surface area contributed by atoms with Crippen LogP contribution in [0.1, 0.15) is 0 Å². The fourth-order valence-electron chi connectivity index (χ4n) is 1.55. The molecule has 0 saturated carbocycles. The number of rotatable bonds is 3. The van der Waals surface area contributed by atoms with Crippen molar-refractivity contribution >= 4 is 46.0 Å². The maximum atomic E-state index is 5.80. The first-order chi connectivity index (χ1) is 7.83. The Hall–Kier alpha value is -0.190. The van der Waals surface area contributed by atoms with Gasteiger partial charge in [0.1, 0.15) is 0 Å². The smallest absolute Gasteiger partial charge is 0.0727 e. The van der Waals surface area contributed by atoms with Crippen molar-refractivity contribution in [1.29, 1.82) is 0 Å². The fourth-order valence-corrected chi connectivity index (χ4v) is 3.21. The van der Waals surface area contributed by atoms with Crippen molar-refractivity contribution in [2.24, 2.45) is 0 Å². The van der Waals surface area contributed by atoms with Crippen molar-refractivity contribution in [3.05, 3.63) is 52.1 Å². The zero-order chi connectivity index (χ0) is 11.4. The monoisotopic (exact) mass is 360 g/mol. The number of benzene rings is 2. The lowest BCUT2D eigenvalue weighted by atomic mass is 10.1. The van der Waals surface area contributed by atoms with Crippen LogP contribution in [-0.4, -0.2) is 5.21 Å². The second-order valence-electron chi connectivity index (χ2n) is 3.23. The van der Waals surface area contributed by atoms with E-state index in [-0.39, 0.29) is 0 Å². The van der Waals surface area contributed by atoms with Crippen molar-refractivity contribution in [3.8, 4) is 11.1 Å². The molecule has 0 unspecified atom stereocenters. The van der Waals surface area contributed by atoms with Crippen LogP contribution in [0.25, 0.3) is 11.1 Å². The third-order valence-electron chi connectivity index (χ3n) is 2.26. The molecule has 0 nitrogen and oxygen atoms in total. The normalized spacial score (nSPS) is 10.4. The summed E-state index contributed by atoms with van der Waals surface area (Å²) in [5.74, 6) is 0. The Labute approximate surface area is 119 Å². The molecule has 0 amide bonds. The molecule has 0 aliphatic carbocycles. The van der Waals surface area contributed by atoms with Crippen LogP contribution in [0.4, 0.5) is 0 Å². The molecular formula is C13H10ClIS. The summed E-state index contributed by atoms with van der Waals surface area (Å²) in [6, 6.07) is 16.8. The lowest BCUT2D eigenvalue weighted by Gasteiger charge is -2.09. The number of alkyl halides is 1. The molecule has 2 rings (SSSR count). The molecule has 16 heavy (non-hydrogen) atoms. The Morgan fingerprint density at radius 3 is 2.25 bits per heavy atom. The quantitative estimate of drug-likeness (QED) is 0.409. The molecule has 0 spiro atoms. The van der Waals surface area contributed by atoms with E-state index < -0.39 is 0 Å². The van der Waals surface area contributed by atoms with Crippen LogP contribution in [0, 0.1) is 3.57 Å². The SMILES string of the molecule is ClCSc1ccccc1-c1ccccc1I. The van der Waals surface area contributed by atoms with Crippen LogP contribution in [0.3, 0.4) is 0 Å². The first-order valence-electron chi connectivity index (χ1n) is 4.85. The van der Waals surface area contributed by atoms with Gasteiger partial charge in [0.15, 0.2) is 0 Å². The summed E-state index contributed by atoms with van der Waals surface area (Å²) in [5, 5.41) is 0.584. The highest BCUT2D eigenvalue weighted by molar-refractivity contribution is 14.1. The molecule has 0 fully saturated rings. The third kappa shape index (κ3) is 2.73. The molecule has 0 aromatic heterocycles. The van der Waals surface area contributed by atoms with E-state index in [2.05, 4.69) is 65.1 Å². The molecule has 2 aromatic carbocycles. The first-order valence-corrected chi connectivity index (χ1v) is 7.45. The maximum Gasteiger partial charge on any atom is 0.0727 e. The molecular weight excluding hydrogens is 351 g/mol. The molecule has 0 heterocycles. The lowest BCUT2D eigenvalue weighted by Crippen LogP contribution is -1.85. The zero-order valence-corrected chi connectivity index (χ0v) is 12.2. The summed E-state index contributed by atoms with van der Waals surface area (Å²) in [6.45, 7) is 0. The van der Waals surface area contributed by atoms with Crippen LogP contribution in [-0.2, 0) is 0 Å². The van der Waals surface area contributed by atoms with Gasteiger partial charge in [-0.3, -0.25) is 0 Å². The van der Waals surface area contributed by atoms with Gasteiger partial charge in [-0.05, 0) is 45.9 Å². The van der Waals surface area contributed by atoms with Gasteiger partial charge < -0.3 is 0 Å². The molecule has 0 aliphatic rings. The van der Waals surface area contributed by atoms with Gasteiger partial charge in [0.05, 0.1) is 5.21 Å². The van der Waals surface area contributed by atoms with E-state index in [0.717, 1.165) is 0 Å². The Bertz CT molecular complexity index is 485. The van der Waals surface area contributed by atoms with E-state index in [1.54, 1.807) is 11.8 Å². The number of hydrogen-bond acceptors (Lipinski definition) is 1. The maximum absolute atomic E-state index is 5.80. The van der Waals surface area contributed by atoms with E-state index in [9.17, 15) is 0 Å². The molecule has 3 heteroatoms. The van der Waals surface area contributed by atoms with Crippen molar-refractivity contribution in [2.75, 3.05) is 5.21 Å². The van der Waals surface area contributed by atoms with Gasteiger partial charge in [-0.25, -0.2) is 0 Å². The summed E-state index contributed by atoms with van der Waals surface area (Å²) in [6.07, 6.45) is 0. The summed E-state index contributed by atoms with van der Waals surface area (Å²) in [4.78, 5) is 1.24. The molecule has 82 valence electrons. The van der Waals surface area contributed by atoms with E-state index in [1.165, 1.54) is 19.6 Å². The Kier molecular flexibility index (Phi) is 4.55. The standard InChI is InChI=1S/C13H10ClIS/c14-9-16-13-8-4-2-6-11(13)10-5-1-3-7-12(10)15/h1-8H,9H2. The minimum Gasteiger partial charge on any atom is -0.114 e. The molecule has 0 N–H and O–H groups in total. The van der Waals surface area contributed by atoms with E-state index in [1.807, 2.05) is 6.07 Å². The summed E-state index contributed by atoms with van der Waals surface area (Å²) >= 11 is 9.83. The van der Waals surface area contributed by atoms with Crippen molar-refractivity contribution in [3.63, 3.8) is 0 Å². The van der Waals surface area contributed by atoms with Gasteiger partial charge in [-0.2, -0.15) is 0 Å². The van der Waals surface area contributed by atoms with E-state index in [0.29, 0.717) is 5.21 Å². The van der Waals surface area contributed by atoms with Gasteiger partial charge in [-0.15, -0.1) is 23.4 Å². The van der Waals surface area contributed by atoms with Crippen LogP contribution >= 0.6 is 46.0 Å². The van der Waals surface area contributed by atoms with Crippen molar-refractivity contribution in [2.45, 2.75) is 4.90 Å². The molecule has 0 atom stereocenters. The van der Waals surface area contributed by atoms with Crippen molar-refractivity contribution < 1.29 is 0 Å². The van der Waals surface area contributed by atoms with Gasteiger partial charge in [0, 0.05) is 8.47 Å². The predicted octanol–water partition coefficient (Wildman–Crippen LogP) is 5.25. The first kappa shape index (κ1) is 12.3. The molecule has 2 aromatic rings. The highest BCUT2D eigenvalue weighted by Crippen LogP contribution is 2.34. The molecule has 0 saturated heterocycles. The third-order valence-corrected chi connectivity index (χ3v) is 4.31. The molecule has 0 bridgehead atoms. The summed E-state index contributed by atoms with van der Waals surface area (Å²) in [7, 11) is 0. The predicted molar refractivity (Wildman–Crippen MR) is 81.2 cm³/mol. The Balaban J connectivity index is 2.51. The zero-order valence-electron chi connectivity index (χ0n) is 8.49. The van der Waals surface area contributed by atoms with Gasteiger partial charge in [-0.1, -0.05) is 36.4 Å². The Morgan fingerprint density at radius 1 is 0.938 bits per heavy atom. The molecule has 0 radical (unpaired) electrons. The largest absolute Gasteiger partial charge is 0.114 e. The second kappa shape index (κ2) is 5.94. The lowest BCUT2D eigenvalue weighted by molar-refractivity contribution is 1.43. The van der Waals surface area contributed by atoms with Gasteiger partial charge in [0.25, 0.3) is 0 Å². The topological polar surface area (TPSA) is 0 Å². The van der Waals surface area contributed by atoms with E-state index in [4.69, 9.17) is 11.6 Å². The van der Waals surface area contributed by atoms with Crippen LogP contribution in [0.5, 0.6) is 0 Å². The minimum absolute atomic E-state index is 0.584. The summed E-state index contributed by atoms with van der Waals surface area (Å²) in [5.41, 5.74) is 2.54. The average molecular weight is 361 g/mol. The summed E-state index contributed by atoms with van der Waals surface area (Å²) < 4.78 is 1.27. The van der Waals surface area contributed by atoms with Gasteiger partial charge >= 0.3 is 0 Å². The second-order valence-corrected chi connectivity index (χ2v) is 5.99. The number of hydrogen-bond donors (Lipinski definition) is 0. The highest BCUT2D eigenvalue weighted by atomic mass is 127. The molecule has 0 aliphatic heterocycles. The Morgan fingerprint density at radius 2 is 1.56 bits per heavy atom. The highest BCUT2D eigenvalue weighted by Gasteiger charge is 2.06.